The van der Waals surface area contributed by atoms with Crippen LogP contribution in [0.4, 0.5) is 17.1 Å². The van der Waals surface area contributed by atoms with E-state index in [1.54, 1.807) is 0 Å². The van der Waals surface area contributed by atoms with Crippen LogP contribution in [0.5, 0.6) is 0 Å². The average molecular weight is 730 g/mol. The summed E-state index contributed by atoms with van der Waals surface area (Å²) in [5, 5.41) is 4.48. The normalized spacial score (nSPS) is 11.5. The van der Waals surface area contributed by atoms with Crippen LogP contribution in [0.3, 0.4) is 0 Å². The van der Waals surface area contributed by atoms with Gasteiger partial charge in [-0.15, -0.1) is 0 Å². The van der Waals surface area contributed by atoms with Gasteiger partial charge in [0, 0.05) is 44.2 Å². The van der Waals surface area contributed by atoms with E-state index in [1.807, 2.05) is 24.3 Å². The van der Waals surface area contributed by atoms with Crippen molar-refractivity contribution >= 4 is 60.9 Å². The predicted octanol–water partition coefficient (Wildman–Crippen LogP) is 15.6. The molecule has 0 saturated heterocycles. The predicted molar refractivity (Wildman–Crippen MR) is 237 cm³/mol. The second-order valence-corrected chi connectivity index (χ2v) is 14.4. The minimum atomic E-state index is 0.886. The second kappa shape index (κ2) is 13.6. The first-order valence-electron chi connectivity index (χ1n) is 19.3. The molecule has 57 heavy (non-hydrogen) atoms. The Hall–Kier alpha value is -7.62. The van der Waals surface area contributed by atoms with Crippen molar-refractivity contribution in [3.05, 3.63) is 212 Å². The van der Waals surface area contributed by atoms with Gasteiger partial charge in [0.15, 0.2) is 0 Å². The number of hydrogen-bond acceptors (Lipinski definition) is 3. The molecule has 0 N–H and O–H groups in total. The lowest BCUT2D eigenvalue weighted by Gasteiger charge is -2.27. The molecule has 0 aliphatic carbocycles. The van der Waals surface area contributed by atoms with Crippen LogP contribution in [0.1, 0.15) is 0 Å². The van der Waals surface area contributed by atoms with Crippen LogP contribution in [0.15, 0.2) is 221 Å². The molecule has 3 nitrogen and oxygen atoms in total. The van der Waals surface area contributed by atoms with Gasteiger partial charge in [0.1, 0.15) is 22.3 Å². The van der Waals surface area contributed by atoms with Gasteiger partial charge in [0.25, 0.3) is 0 Å². The lowest BCUT2D eigenvalue weighted by molar-refractivity contribution is 0.669. The highest BCUT2D eigenvalue weighted by molar-refractivity contribution is 6.13. The van der Waals surface area contributed by atoms with Crippen LogP contribution < -0.4 is 4.90 Å². The number of rotatable bonds is 7. The van der Waals surface area contributed by atoms with E-state index in [1.165, 1.54) is 11.1 Å². The number of anilines is 3. The SMILES string of the molecule is c1ccc(-c2ccc(N(c3ccc(-c4cccc5oc6ccccc6c45)cc3)c3ccc(-c4ccccc4)c(-c4cccc5c4oc4ccccc45)c3)cc2)cc1. The molecule has 11 rings (SSSR count). The summed E-state index contributed by atoms with van der Waals surface area (Å²) in [7, 11) is 0. The minimum Gasteiger partial charge on any atom is -0.456 e. The summed E-state index contributed by atoms with van der Waals surface area (Å²) >= 11 is 0. The first-order chi connectivity index (χ1) is 28.3. The zero-order chi connectivity index (χ0) is 37.7. The van der Waals surface area contributed by atoms with Gasteiger partial charge < -0.3 is 13.7 Å². The van der Waals surface area contributed by atoms with Crippen LogP contribution in [-0.4, -0.2) is 0 Å². The lowest BCUT2D eigenvalue weighted by atomic mass is 9.92. The number of fused-ring (bicyclic) bond motifs is 6. The van der Waals surface area contributed by atoms with Crippen molar-refractivity contribution in [1.82, 2.24) is 0 Å². The smallest absolute Gasteiger partial charge is 0.143 e. The van der Waals surface area contributed by atoms with Gasteiger partial charge in [-0.2, -0.15) is 0 Å². The zero-order valence-corrected chi connectivity index (χ0v) is 31.0. The summed E-state index contributed by atoms with van der Waals surface area (Å²) in [6.07, 6.45) is 0. The van der Waals surface area contributed by atoms with Crippen molar-refractivity contribution in [2.24, 2.45) is 0 Å². The lowest BCUT2D eigenvalue weighted by Crippen LogP contribution is -2.10. The molecule has 2 heterocycles. The molecule has 11 aromatic rings. The summed E-state index contributed by atoms with van der Waals surface area (Å²) < 4.78 is 12.9. The molecule has 0 aliphatic heterocycles. The summed E-state index contributed by atoms with van der Waals surface area (Å²) in [4.78, 5) is 2.35. The van der Waals surface area contributed by atoms with E-state index in [-0.39, 0.29) is 0 Å². The topological polar surface area (TPSA) is 29.5 Å². The molecular formula is C54H35NO2. The molecule has 0 spiro atoms. The van der Waals surface area contributed by atoms with Gasteiger partial charge in [-0.1, -0.05) is 158 Å². The third-order valence-corrected chi connectivity index (χ3v) is 11.1. The van der Waals surface area contributed by atoms with Crippen molar-refractivity contribution in [2.75, 3.05) is 4.90 Å². The molecule has 9 aromatic carbocycles. The molecular weight excluding hydrogens is 695 g/mol. The maximum Gasteiger partial charge on any atom is 0.143 e. The molecule has 268 valence electrons. The van der Waals surface area contributed by atoms with Gasteiger partial charge in [-0.05, 0) is 93.5 Å². The van der Waals surface area contributed by atoms with E-state index in [0.29, 0.717) is 0 Å². The fraction of sp³-hybridized carbons (Fsp3) is 0. The van der Waals surface area contributed by atoms with Crippen LogP contribution in [0.25, 0.3) is 88.4 Å². The quantitative estimate of drug-likeness (QED) is 0.164. The maximum atomic E-state index is 6.64. The summed E-state index contributed by atoms with van der Waals surface area (Å²) in [5.41, 5.74) is 15.8. The molecule has 0 atom stereocenters. The Labute approximate surface area is 330 Å². The van der Waals surface area contributed by atoms with Crippen LogP contribution in [-0.2, 0) is 0 Å². The molecule has 0 bridgehead atoms. The van der Waals surface area contributed by atoms with Crippen LogP contribution in [0.2, 0.25) is 0 Å². The zero-order valence-electron chi connectivity index (χ0n) is 31.0. The summed E-state index contributed by atoms with van der Waals surface area (Å²) in [6, 6.07) is 75.1. The molecule has 0 radical (unpaired) electrons. The minimum absolute atomic E-state index is 0.886. The van der Waals surface area contributed by atoms with E-state index in [0.717, 1.165) is 94.3 Å². The molecule has 2 aromatic heterocycles. The van der Waals surface area contributed by atoms with Gasteiger partial charge >= 0.3 is 0 Å². The highest BCUT2D eigenvalue weighted by atomic mass is 16.3. The van der Waals surface area contributed by atoms with Gasteiger partial charge in [-0.25, -0.2) is 0 Å². The van der Waals surface area contributed by atoms with Crippen LogP contribution >= 0.6 is 0 Å². The van der Waals surface area contributed by atoms with Crippen molar-refractivity contribution < 1.29 is 8.83 Å². The fourth-order valence-corrected chi connectivity index (χ4v) is 8.41. The Bertz CT molecular complexity index is 3210. The first-order valence-corrected chi connectivity index (χ1v) is 19.3. The van der Waals surface area contributed by atoms with E-state index >= 15 is 0 Å². The number of nitrogens with zero attached hydrogens (tertiary/aromatic N) is 1. The number of benzene rings is 9. The largest absolute Gasteiger partial charge is 0.456 e. The summed E-state index contributed by atoms with van der Waals surface area (Å²) in [6.45, 7) is 0. The molecule has 0 fully saturated rings. The van der Waals surface area contributed by atoms with Crippen molar-refractivity contribution in [2.45, 2.75) is 0 Å². The van der Waals surface area contributed by atoms with Gasteiger partial charge in [0.05, 0.1) is 0 Å². The average Bonchev–Trinajstić information content (AvgIpc) is 3.87. The second-order valence-electron chi connectivity index (χ2n) is 14.4. The monoisotopic (exact) mass is 729 g/mol. The van der Waals surface area contributed by atoms with E-state index in [9.17, 15) is 0 Å². The Morgan fingerprint density at radius 2 is 0.789 bits per heavy atom. The first kappa shape index (κ1) is 32.8. The summed E-state index contributed by atoms with van der Waals surface area (Å²) in [5.74, 6) is 0. The van der Waals surface area contributed by atoms with E-state index in [4.69, 9.17) is 8.83 Å². The Balaban J connectivity index is 1.10. The van der Waals surface area contributed by atoms with Crippen LogP contribution in [0, 0.1) is 0 Å². The number of furan rings is 2. The van der Waals surface area contributed by atoms with Gasteiger partial charge in [0.2, 0.25) is 0 Å². The third kappa shape index (κ3) is 5.68. The molecule has 0 amide bonds. The molecule has 3 heteroatoms. The molecule has 0 unspecified atom stereocenters. The Morgan fingerprint density at radius 1 is 0.281 bits per heavy atom. The molecule has 0 saturated carbocycles. The van der Waals surface area contributed by atoms with Crippen molar-refractivity contribution in [1.29, 1.82) is 0 Å². The van der Waals surface area contributed by atoms with Crippen molar-refractivity contribution in [3.63, 3.8) is 0 Å². The van der Waals surface area contributed by atoms with E-state index < -0.39 is 0 Å². The van der Waals surface area contributed by atoms with E-state index in [2.05, 4.69) is 193 Å². The Morgan fingerprint density at radius 3 is 1.53 bits per heavy atom. The molecule has 0 aliphatic rings. The standard InChI is InChI=1S/C54H35NO2/c1-3-13-36(14-4-1)37-25-29-40(30-26-37)55(41-31-27-39(28-32-41)44-19-12-24-52-53(44)48-18-8-10-23-51(48)56-52)42-33-34-43(38-15-5-2-6-16-38)49(35-42)47-21-11-20-46-45-17-7-9-22-50(45)57-54(46)47/h1-35H. The Kier molecular flexibility index (Phi) is 7.82. The van der Waals surface area contributed by atoms with Gasteiger partial charge in [-0.3, -0.25) is 0 Å². The maximum absolute atomic E-state index is 6.64. The highest BCUT2D eigenvalue weighted by Gasteiger charge is 2.20. The number of hydrogen-bond donors (Lipinski definition) is 0. The fourth-order valence-electron chi connectivity index (χ4n) is 8.41. The number of para-hydroxylation sites is 3. The van der Waals surface area contributed by atoms with Crippen molar-refractivity contribution in [3.8, 4) is 44.5 Å². The highest BCUT2D eigenvalue weighted by Crippen LogP contribution is 2.45. The third-order valence-electron chi connectivity index (χ3n) is 11.1.